The molecule has 0 aliphatic heterocycles. The number of hydrogen-bond acceptors (Lipinski definition) is 3. The lowest BCUT2D eigenvalue weighted by Crippen LogP contribution is -2.07. The third-order valence-electron chi connectivity index (χ3n) is 2.94. The average Bonchev–Trinajstić information content (AvgIpc) is 2.90. The monoisotopic (exact) mass is 262 g/mol. The normalized spacial score (nSPS) is 10.8. The Morgan fingerprint density at radius 3 is 2.94 bits per heavy atom. The lowest BCUT2D eigenvalue weighted by molar-refractivity contribution is -0.118. The Hall–Kier alpha value is -1.42. The second kappa shape index (κ2) is 5.96. The minimum atomic E-state index is 0.301. The minimum absolute atomic E-state index is 0.301. The van der Waals surface area contributed by atoms with Crippen LogP contribution < -0.4 is 0 Å². The topological polar surface area (TPSA) is 34.9 Å². The van der Waals surface area contributed by atoms with Crippen LogP contribution in [-0.4, -0.2) is 15.6 Å². The van der Waals surface area contributed by atoms with Crippen molar-refractivity contribution in [2.24, 2.45) is 7.05 Å². The van der Waals surface area contributed by atoms with Gasteiger partial charge in [0.2, 0.25) is 0 Å². The van der Waals surface area contributed by atoms with Crippen LogP contribution in [0.5, 0.6) is 0 Å². The first-order valence-electron chi connectivity index (χ1n) is 6.19. The summed E-state index contributed by atoms with van der Waals surface area (Å²) in [6, 6.07) is 6.16. The predicted molar refractivity (Wildman–Crippen MR) is 73.9 cm³/mol. The Labute approximate surface area is 111 Å². The number of Topliss-reactive ketones (excluding diaryl/α,β-unsaturated/α-hetero) is 1. The van der Waals surface area contributed by atoms with E-state index in [-0.39, 0.29) is 0 Å². The van der Waals surface area contributed by atoms with E-state index < -0.39 is 0 Å². The molecule has 0 fully saturated rings. The van der Waals surface area contributed by atoms with Gasteiger partial charge in [0, 0.05) is 30.5 Å². The maximum Gasteiger partial charge on any atom is 0.138 e. The zero-order valence-corrected chi connectivity index (χ0v) is 11.7. The number of nitrogens with zero attached hydrogens (tertiary/aromatic N) is 2. The fourth-order valence-electron chi connectivity index (χ4n) is 2.03. The first kappa shape index (κ1) is 13.0. The standard InChI is InChI=1S/C14H18N2OS/c1-11-9-12(16(2)15-11)10-13(17)5-3-6-14-7-4-8-18-14/h4,7-9H,3,5-6,10H2,1-2H3. The maximum absolute atomic E-state index is 11.9. The van der Waals surface area contributed by atoms with Crippen LogP contribution in [-0.2, 0) is 24.7 Å². The molecule has 0 aliphatic carbocycles. The summed E-state index contributed by atoms with van der Waals surface area (Å²) in [7, 11) is 1.89. The number of carbonyl (C=O) groups excluding carboxylic acids is 1. The predicted octanol–water partition coefficient (Wildman–Crippen LogP) is 2.92. The molecule has 4 heteroatoms. The van der Waals surface area contributed by atoms with E-state index in [0.29, 0.717) is 18.6 Å². The molecule has 0 atom stereocenters. The Balaban J connectivity index is 1.77. The molecule has 0 unspecified atom stereocenters. The molecular weight excluding hydrogens is 244 g/mol. The summed E-state index contributed by atoms with van der Waals surface area (Å²) in [5.74, 6) is 0.301. The van der Waals surface area contributed by atoms with Gasteiger partial charge in [-0.1, -0.05) is 6.07 Å². The van der Waals surface area contributed by atoms with Crippen LogP contribution in [0.4, 0.5) is 0 Å². The SMILES string of the molecule is Cc1cc(CC(=O)CCCc2cccs2)n(C)n1. The fourth-order valence-corrected chi connectivity index (χ4v) is 2.79. The van der Waals surface area contributed by atoms with Crippen LogP contribution in [0.15, 0.2) is 23.6 Å². The number of thiophene rings is 1. The number of carbonyl (C=O) groups is 1. The van der Waals surface area contributed by atoms with Crippen molar-refractivity contribution in [1.82, 2.24) is 9.78 Å². The van der Waals surface area contributed by atoms with Crippen LogP contribution in [0.1, 0.15) is 29.1 Å². The van der Waals surface area contributed by atoms with Crippen molar-refractivity contribution in [3.05, 3.63) is 39.8 Å². The van der Waals surface area contributed by atoms with Gasteiger partial charge in [-0.25, -0.2) is 0 Å². The number of hydrogen-bond donors (Lipinski definition) is 0. The molecule has 0 saturated carbocycles. The smallest absolute Gasteiger partial charge is 0.138 e. The lowest BCUT2D eigenvalue weighted by atomic mass is 10.1. The van der Waals surface area contributed by atoms with Gasteiger partial charge in [-0.15, -0.1) is 11.3 Å². The third kappa shape index (κ3) is 3.53. The van der Waals surface area contributed by atoms with E-state index in [4.69, 9.17) is 0 Å². The van der Waals surface area contributed by atoms with Crippen LogP contribution in [0, 0.1) is 6.92 Å². The van der Waals surface area contributed by atoms with Crippen LogP contribution in [0.2, 0.25) is 0 Å². The molecule has 96 valence electrons. The molecule has 2 aromatic heterocycles. The molecule has 0 radical (unpaired) electrons. The molecule has 3 nitrogen and oxygen atoms in total. The van der Waals surface area contributed by atoms with E-state index in [1.165, 1.54) is 4.88 Å². The van der Waals surface area contributed by atoms with Crippen molar-refractivity contribution in [3.63, 3.8) is 0 Å². The molecule has 0 amide bonds. The van der Waals surface area contributed by atoms with E-state index in [2.05, 4.69) is 22.6 Å². The van der Waals surface area contributed by atoms with Crippen molar-refractivity contribution in [2.45, 2.75) is 32.6 Å². The summed E-state index contributed by atoms with van der Waals surface area (Å²) < 4.78 is 1.80. The van der Waals surface area contributed by atoms with Crippen molar-refractivity contribution in [2.75, 3.05) is 0 Å². The van der Waals surface area contributed by atoms with E-state index in [1.807, 2.05) is 20.0 Å². The van der Waals surface area contributed by atoms with E-state index in [1.54, 1.807) is 16.0 Å². The molecule has 0 aromatic carbocycles. The Bertz CT molecular complexity index is 514. The second-order valence-corrected chi connectivity index (χ2v) is 5.58. The minimum Gasteiger partial charge on any atom is -0.299 e. The summed E-state index contributed by atoms with van der Waals surface area (Å²) in [5.41, 5.74) is 1.98. The summed E-state index contributed by atoms with van der Waals surface area (Å²) >= 11 is 1.76. The van der Waals surface area contributed by atoms with Gasteiger partial charge in [-0.3, -0.25) is 9.48 Å². The summed E-state index contributed by atoms with van der Waals surface area (Å²) in [5, 5.41) is 6.33. The van der Waals surface area contributed by atoms with Gasteiger partial charge >= 0.3 is 0 Å². The van der Waals surface area contributed by atoms with Crippen LogP contribution in [0.3, 0.4) is 0 Å². The highest BCUT2D eigenvalue weighted by atomic mass is 32.1. The van der Waals surface area contributed by atoms with E-state index in [0.717, 1.165) is 24.2 Å². The fraction of sp³-hybridized carbons (Fsp3) is 0.429. The van der Waals surface area contributed by atoms with Crippen LogP contribution >= 0.6 is 11.3 Å². The Morgan fingerprint density at radius 2 is 2.33 bits per heavy atom. The average molecular weight is 262 g/mol. The van der Waals surface area contributed by atoms with Gasteiger partial charge in [0.25, 0.3) is 0 Å². The van der Waals surface area contributed by atoms with Crippen molar-refractivity contribution in [3.8, 4) is 0 Å². The Morgan fingerprint density at radius 1 is 1.50 bits per heavy atom. The molecule has 0 aliphatic rings. The highest BCUT2D eigenvalue weighted by Crippen LogP contribution is 2.13. The highest BCUT2D eigenvalue weighted by molar-refractivity contribution is 7.09. The molecule has 0 N–H and O–H groups in total. The second-order valence-electron chi connectivity index (χ2n) is 4.55. The molecule has 0 bridgehead atoms. The first-order chi connectivity index (χ1) is 8.65. The molecule has 2 rings (SSSR count). The highest BCUT2D eigenvalue weighted by Gasteiger charge is 2.08. The molecule has 2 aromatic rings. The quantitative estimate of drug-likeness (QED) is 0.802. The number of ketones is 1. The van der Waals surface area contributed by atoms with Crippen molar-refractivity contribution < 1.29 is 4.79 Å². The van der Waals surface area contributed by atoms with E-state index in [9.17, 15) is 4.79 Å². The summed E-state index contributed by atoms with van der Waals surface area (Å²) in [6.45, 7) is 1.95. The van der Waals surface area contributed by atoms with Gasteiger partial charge in [-0.2, -0.15) is 5.10 Å². The van der Waals surface area contributed by atoms with Crippen LogP contribution in [0.25, 0.3) is 0 Å². The molecule has 2 heterocycles. The maximum atomic E-state index is 11.9. The largest absolute Gasteiger partial charge is 0.299 e. The van der Waals surface area contributed by atoms with Gasteiger partial charge in [0.15, 0.2) is 0 Å². The third-order valence-corrected chi connectivity index (χ3v) is 3.87. The van der Waals surface area contributed by atoms with Crippen molar-refractivity contribution in [1.29, 1.82) is 0 Å². The molecular formula is C14H18N2OS. The van der Waals surface area contributed by atoms with Gasteiger partial charge in [-0.05, 0) is 37.3 Å². The molecule has 0 saturated heterocycles. The number of aryl methyl sites for hydroxylation is 3. The number of rotatable bonds is 6. The van der Waals surface area contributed by atoms with Crippen molar-refractivity contribution >= 4 is 17.1 Å². The van der Waals surface area contributed by atoms with Gasteiger partial charge in [0.05, 0.1) is 5.69 Å². The number of aromatic nitrogens is 2. The lowest BCUT2D eigenvalue weighted by Gasteiger charge is -2.01. The molecule has 0 spiro atoms. The first-order valence-corrected chi connectivity index (χ1v) is 7.06. The summed E-state index contributed by atoms with van der Waals surface area (Å²) in [6.07, 6.45) is 3.11. The van der Waals surface area contributed by atoms with E-state index >= 15 is 0 Å². The zero-order chi connectivity index (χ0) is 13.0. The summed E-state index contributed by atoms with van der Waals surface area (Å²) in [4.78, 5) is 13.2. The van der Waals surface area contributed by atoms with Gasteiger partial charge < -0.3 is 0 Å². The zero-order valence-electron chi connectivity index (χ0n) is 10.8. The Kier molecular flexibility index (Phi) is 4.31. The molecule has 18 heavy (non-hydrogen) atoms. The van der Waals surface area contributed by atoms with Gasteiger partial charge in [0.1, 0.15) is 5.78 Å².